The number of rotatable bonds is 77. The summed E-state index contributed by atoms with van der Waals surface area (Å²) in [6, 6.07) is 0. The van der Waals surface area contributed by atoms with E-state index in [4.69, 9.17) is 37.0 Å². The van der Waals surface area contributed by atoms with Gasteiger partial charge >= 0.3 is 39.5 Å². The van der Waals surface area contributed by atoms with Gasteiger partial charge in [0.15, 0.2) is 12.2 Å². The molecule has 19 heteroatoms. The lowest BCUT2D eigenvalue weighted by molar-refractivity contribution is -0.161. The molecule has 0 saturated carbocycles. The number of unbranched alkanes of at least 4 members (excludes halogenated alkanes) is 47. The molecule has 0 bridgehead atoms. The van der Waals surface area contributed by atoms with E-state index >= 15 is 0 Å². The Kier molecular flexibility index (Phi) is 68.4. The normalized spacial score (nSPS) is 14.0. The molecule has 576 valence electrons. The molecule has 0 aliphatic rings. The lowest BCUT2D eigenvalue weighted by Crippen LogP contribution is -2.30. The molecule has 0 fully saturated rings. The van der Waals surface area contributed by atoms with Crippen LogP contribution in [0.1, 0.15) is 408 Å². The second kappa shape index (κ2) is 69.8. The minimum Gasteiger partial charge on any atom is -0.462 e. The fourth-order valence-corrected chi connectivity index (χ4v) is 13.6. The van der Waals surface area contributed by atoms with Gasteiger partial charge in [-0.2, -0.15) is 0 Å². The van der Waals surface area contributed by atoms with Crippen LogP contribution in [0.5, 0.6) is 0 Å². The maximum absolute atomic E-state index is 13.1. The van der Waals surface area contributed by atoms with E-state index in [0.29, 0.717) is 25.7 Å². The molecule has 5 atom stereocenters. The van der Waals surface area contributed by atoms with Crippen molar-refractivity contribution in [1.82, 2.24) is 0 Å². The first kappa shape index (κ1) is 95.1. The van der Waals surface area contributed by atoms with Gasteiger partial charge in [-0.05, 0) is 37.5 Å². The van der Waals surface area contributed by atoms with E-state index in [1.54, 1.807) is 0 Å². The number of phosphoric ester groups is 2. The Morgan fingerprint density at radius 2 is 0.474 bits per heavy atom. The van der Waals surface area contributed by atoms with Crippen molar-refractivity contribution in [3.63, 3.8) is 0 Å². The third kappa shape index (κ3) is 72.2. The number of aliphatic hydroxyl groups is 1. The topological polar surface area (TPSA) is 237 Å². The Morgan fingerprint density at radius 1 is 0.278 bits per heavy atom. The first-order valence-electron chi connectivity index (χ1n) is 40.5. The highest BCUT2D eigenvalue weighted by Crippen LogP contribution is 2.45. The Morgan fingerprint density at radius 3 is 0.701 bits per heavy atom. The molecule has 0 aliphatic heterocycles. The van der Waals surface area contributed by atoms with Crippen LogP contribution in [-0.2, 0) is 65.4 Å². The van der Waals surface area contributed by atoms with Crippen molar-refractivity contribution in [1.29, 1.82) is 0 Å². The van der Waals surface area contributed by atoms with E-state index < -0.39 is 97.5 Å². The number of hydrogen-bond donors (Lipinski definition) is 3. The van der Waals surface area contributed by atoms with Gasteiger partial charge < -0.3 is 33.8 Å². The lowest BCUT2D eigenvalue weighted by atomic mass is 10.0. The SMILES string of the molecule is CCCCCCCCCCCCCCCCCCCC(=O)OC[C@H](COP(=O)(O)OC[C@@H](O)COP(=O)(O)OC[C@@H](COC(=O)CCCCCCC)OC(=O)CCCCCCCCCCCCCCCC(C)C)OC(=O)CCCCCCCCCCCCCCCCCCC(C)C. The molecule has 0 aromatic carbocycles. The van der Waals surface area contributed by atoms with E-state index in [9.17, 15) is 43.2 Å². The summed E-state index contributed by atoms with van der Waals surface area (Å²) in [6.07, 6.45) is 58.7. The summed E-state index contributed by atoms with van der Waals surface area (Å²) in [5, 5.41) is 10.6. The Hall–Kier alpha value is -1.94. The molecule has 0 rings (SSSR count). The number of esters is 4. The van der Waals surface area contributed by atoms with Crippen molar-refractivity contribution in [3.8, 4) is 0 Å². The number of hydrogen-bond acceptors (Lipinski definition) is 15. The molecule has 0 amide bonds. The fraction of sp³-hybridized carbons (Fsp3) is 0.949. The molecule has 0 saturated heterocycles. The molecule has 0 radical (unpaired) electrons. The smallest absolute Gasteiger partial charge is 0.462 e. The van der Waals surface area contributed by atoms with Crippen LogP contribution in [0.25, 0.3) is 0 Å². The van der Waals surface area contributed by atoms with Crippen molar-refractivity contribution >= 4 is 39.5 Å². The second-order valence-corrected chi connectivity index (χ2v) is 32.0. The predicted molar refractivity (Wildman–Crippen MR) is 395 cm³/mol. The van der Waals surface area contributed by atoms with E-state index in [2.05, 4.69) is 41.5 Å². The summed E-state index contributed by atoms with van der Waals surface area (Å²) < 4.78 is 68.4. The van der Waals surface area contributed by atoms with Gasteiger partial charge in [0, 0.05) is 25.7 Å². The quantitative estimate of drug-likeness (QED) is 0.0222. The molecule has 2 unspecified atom stereocenters. The number of carbonyl (C=O) groups excluding carboxylic acids is 4. The Balaban J connectivity index is 5.13. The highest BCUT2D eigenvalue weighted by Gasteiger charge is 2.30. The molecule has 0 heterocycles. The molecule has 0 aromatic heterocycles. The summed E-state index contributed by atoms with van der Waals surface area (Å²) in [5.74, 6) is -0.527. The zero-order chi connectivity index (χ0) is 71.4. The average Bonchev–Trinajstić information content (AvgIpc) is 1.22. The number of aliphatic hydroxyl groups excluding tert-OH is 1. The molecule has 17 nitrogen and oxygen atoms in total. The maximum Gasteiger partial charge on any atom is 0.472 e. The van der Waals surface area contributed by atoms with Gasteiger partial charge in [-0.1, -0.05) is 356 Å². The van der Waals surface area contributed by atoms with E-state index in [0.717, 1.165) is 108 Å². The number of carbonyl (C=O) groups is 4. The van der Waals surface area contributed by atoms with Gasteiger partial charge in [-0.15, -0.1) is 0 Å². The molecular weight excluding hydrogens is 1270 g/mol. The van der Waals surface area contributed by atoms with Crippen LogP contribution < -0.4 is 0 Å². The monoisotopic (exact) mass is 1420 g/mol. The zero-order valence-electron chi connectivity index (χ0n) is 63.4. The molecule has 3 N–H and O–H groups in total. The second-order valence-electron chi connectivity index (χ2n) is 29.1. The predicted octanol–water partition coefficient (Wildman–Crippen LogP) is 23.1. The zero-order valence-corrected chi connectivity index (χ0v) is 65.2. The third-order valence-electron chi connectivity index (χ3n) is 18.2. The van der Waals surface area contributed by atoms with Crippen molar-refractivity contribution in [2.45, 2.75) is 426 Å². The van der Waals surface area contributed by atoms with Crippen molar-refractivity contribution in [3.05, 3.63) is 0 Å². The molecule has 0 spiro atoms. The van der Waals surface area contributed by atoms with E-state index in [1.165, 1.54) is 218 Å². The molecular formula is C78H152O17P2. The lowest BCUT2D eigenvalue weighted by Gasteiger charge is -2.21. The summed E-state index contributed by atoms with van der Waals surface area (Å²) >= 11 is 0. The minimum atomic E-state index is -4.96. The molecule has 0 aliphatic carbocycles. The first-order valence-corrected chi connectivity index (χ1v) is 43.5. The van der Waals surface area contributed by atoms with Crippen LogP contribution in [0.15, 0.2) is 0 Å². The van der Waals surface area contributed by atoms with Crippen LogP contribution in [0.3, 0.4) is 0 Å². The van der Waals surface area contributed by atoms with Crippen molar-refractivity contribution in [2.75, 3.05) is 39.6 Å². The van der Waals surface area contributed by atoms with E-state index in [1.807, 2.05) is 0 Å². The van der Waals surface area contributed by atoms with Gasteiger partial charge in [0.25, 0.3) is 0 Å². The van der Waals surface area contributed by atoms with Crippen LogP contribution in [0.2, 0.25) is 0 Å². The minimum absolute atomic E-state index is 0.106. The van der Waals surface area contributed by atoms with Crippen LogP contribution in [0, 0.1) is 11.8 Å². The van der Waals surface area contributed by atoms with Crippen LogP contribution in [0.4, 0.5) is 0 Å². The van der Waals surface area contributed by atoms with Gasteiger partial charge in [-0.3, -0.25) is 37.3 Å². The van der Waals surface area contributed by atoms with Gasteiger partial charge in [0.05, 0.1) is 26.4 Å². The molecule has 97 heavy (non-hydrogen) atoms. The van der Waals surface area contributed by atoms with Gasteiger partial charge in [-0.25, -0.2) is 9.13 Å². The summed E-state index contributed by atoms with van der Waals surface area (Å²) in [5.41, 5.74) is 0. The Bertz CT molecular complexity index is 1870. The standard InChI is InChI=1S/C78H152O17P2/c1-7-9-11-13-14-15-16-17-18-19-23-28-33-38-43-49-55-61-76(81)89-67-74(95-78(83)63-56-50-44-39-34-29-24-21-20-22-26-31-36-41-47-52-58-70(3)4)69-93-97(86,87)91-65-72(79)64-90-96(84,85)92-68-73(66-88-75(80)60-54-46-12-10-8-2)94-77(82)62-57-51-45-40-35-30-25-27-32-37-42-48-53-59-71(5)6/h70-74,79H,7-69H2,1-6H3,(H,84,85)(H,86,87)/t72-,73+,74+/m0/s1. The van der Waals surface area contributed by atoms with Gasteiger partial charge in [0.1, 0.15) is 19.3 Å². The number of ether oxygens (including phenoxy) is 4. The molecule has 0 aromatic rings. The largest absolute Gasteiger partial charge is 0.472 e. The maximum atomic E-state index is 13.1. The van der Waals surface area contributed by atoms with Crippen LogP contribution in [-0.4, -0.2) is 96.7 Å². The van der Waals surface area contributed by atoms with Crippen molar-refractivity contribution < 1.29 is 80.2 Å². The highest BCUT2D eigenvalue weighted by atomic mass is 31.2. The fourth-order valence-electron chi connectivity index (χ4n) is 12.0. The third-order valence-corrected chi connectivity index (χ3v) is 20.1. The highest BCUT2D eigenvalue weighted by molar-refractivity contribution is 7.47. The van der Waals surface area contributed by atoms with Crippen LogP contribution >= 0.6 is 15.6 Å². The van der Waals surface area contributed by atoms with Crippen molar-refractivity contribution in [2.24, 2.45) is 11.8 Å². The van der Waals surface area contributed by atoms with E-state index in [-0.39, 0.29) is 25.7 Å². The summed E-state index contributed by atoms with van der Waals surface area (Å²) in [6.45, 7) is 9.57. The average molecular weight is 1420 g/mol. The first-order chi connectivity index (χ1) is 46.9. The number of phosphoric acid groups is 2. The van der Waals surface area contributed by atoms with Gasteiger partial charge in [0.2, 0.25) is 0 Å². The Labute approximate surface area is 594 Å². The summed E-state index contributed by atoms with van der Waals surface area (Å²) in [4.78, 5) is 72.6. The summed E-state index contributed by atoms with van der Waals surface area (Å²) in [7, 11) is -9.90.